The Labute approximate surface area is 116 Å². The molecule has 3 nitrogen and oxygen atoms in total. The third-order valence-corrected chi connectivity index (χ3v) is 2.82. The zero-order valence-electron chi connectivity index (χ0n) is 9.95. The molecule has 0 fully saturated rings. The van der Waals surface area contributed by atoms with E-state index in [2.05, 4.69) is 0 Å². The molecule has 2 N–H and O–H groups in total. The van der Waals surface area contributed by atoms with Gasteiger partial charge in [-0.05, 0) is 18.6 Å². The Kier molecular flexibility index (Phi) is 5.50. The molecule has 0 atom stereocenters. The van der Waals surface area contributed by atoms with Gasteiger partial charge in [-0.2, -0.15) is 0 Å². The van der Waals surface area contributed by atoms with Crippen molar-refractivity contribution >= 4 is 34.7 Å². The number of hydrogen-bond donors (Lipinski definition) is 1. The Bertz CT molecular complexity index is 467. The first kappa shape index (κ1) is 14.9. The fourth-order valence-electron chi connectivity index (χ4n) is 1.55. The van der Waals surface area contributed by atoms with Gasteiger partial charge < -0.3 is 10.6 Å². The van der Waals surface area contributed by atoms with Gasteiger partial charge in [-0.3, -0.25) is 4.79 Å². The number of nitrogens with two attached hydrogens (primary N) is 1. The molecule has 6 heteroatoms. The lowest BCUT2D eigenvalue weighted by Crippen LogP contribution is -2.38. The molecule has 0 aliphatic heterocycles. The van der Waals surface area contributed by atoms with E-state index in [-0.39, 0.29) is 28.0 Å². The first-order chi connectivity index (χ1) is 8.47. The molecule has 0 aromatic heterocycles. The lowest BCUT2D eigenvalue weighted by molar-refractivity contribution is 0.0779. The van der Waals surface area contributed by atoms with Crippen LogP contribution in [0, 0.1) is 5.82 Å². The molecule has 0 aliphatic rings. The van der Waals surface area contributed by atoms with Crippen LogP contribution in [0.2, 0.25) is 5.02 Å². The molecule has 1 rings (SSSR count). The Morgan fingerprint density at radius 3 is 2.78 bits per heavy atom. The molecular formula is C12H14ClFN2OS. The summed E-state index contributed by atoms with van der Waals surface area (Å²) >= 11 is 10.6. The maximum Gasteiger partial charge on any atom is 0.255 e. The Morgan fingerprint density at radius 1 is 1.56 bits per heavy atom. The number of nitrogens with zero attached hydrogens (tertiary/aromatic N) is 1. The Balaban J connectivity index is 3.01. The van der Waals surface area contributed by atoms with Gasteiger partial charge >= 0.3 is 0 Å². The quantitative estimate of drug-likeness (QED) is 0.847. The van der Waals surface area contributed by atoms with Gasteiger partial charge in [-0.25, -0.2) is 4.39 Å². The standard InChI is InChI=1S/C12H14ClFN2OS/c1-2-6-16(7-10(15)18)12(17)8-4-3-5-9(14)11(8)13/h3-5H,2,6-7H2,1H3,(H2,15,18). The van der Waals surface area contributed by atoms with Crippen LogP contribution in [0.3, 0.4) is 0 Å². The average molecular weight is 289 g/mol. The van der Waals surface area contributed by atoms with Crippen molar-refractivity contribution in [2.45, 2.75) is 13.3 Å². The number of rotatable bonds is 5. The smallest absolute Gasteiger partial charge is 0.255 e. The highest BCUT2D eigenvalue weighted by Crippen LogP contribution is 2.21. The van der Waals surface area contributed by atoms with E-state index in [4.69, 9.17) is 29.6 Å². The third kappa shape index (κ3) is 3.65. The molecule has 0 spiro atoms. The van der Waals surface area contributed by atoms with Gasteiger partial charge in [0, 0.05) is 6.54 Å². The number of carbonyl (C=O) groups is 1. The molecule has 0 bridgehead atoms. The van der Waals surface area contributed by atoms with Crippen molar-refractivity contribution in [3.05, 3.63) is 34.6 Å². The van der Waals surface area contributed by atoms with Crippen LogP contribution in [-0.2, 0) is 0 Å². The summed E-state index contributed by atoms with van der Waals surface area (Å²) in [6.45, 7) is 2.57. The fourth-order valence-corrected chi connectivity index (χ4v) is 1.91. The molecule has 18 heavy (non-hydrogen) atoms. The maximum absolute atomic E-state index is 13.3. The van der Waals surface area contributed by atoms with Gasteiger partial charge in [0.1, 0.15) is 5.82 Å². The second-order valence-electron chi connectivity index (χ2n) is 3.79. The summed E-state index contributed by atoms with van der Waals surface area (Å²) in [6.07, 6.45) is 0.751. The number of thiocarbonyl (C=S) groups is 1. The van der Waals surface area contributed by atoms with Gasteiger partial charge in [0.05, 0.1) is 22.1 Å². The summed E-state index contributed by atoms with van der Waals surface area (Å²) in [5.74, 6) is -0.983. The first-order valence-corrected chi connectivity index (χ1v) is 6.27. The van der Waals surface area contributed by atoms with Crippen LogP contribution < -0.4 is 5.73 Å². The van der Waals surface area contributed by atoms with Gasteiger partial charge in [-0.1, -0.05) is 36.8 Å². The van der Waals surface area contributed by atoms with Crippen LogP contribution in [-0.4, -0.2) is 28.9 Å². The predicted octanol–water partition coefficient (Wildman–Crippen LogP) is 2.62. The highest BCUT2D eigenvalue weighted by Gasteiger charge is 2.19. The van der Waals surface area contributed by atoms with Crippen LogP contribution in [0.5, 0.6) is 0 Å². The molecule has 0 unspecified atom stereocenters. The summed E-state index contributed by atoms with van der Waals surface area (Å²) < 4.78 is 13.3. The van der Waals surface area contributed by atoms with Crippen molar-refractivity contribution in [1.29, 1.82) is 0 Å². The van der Waals surface area contributed by atoms with E-state index < -0.39 is 5.82 Å². The first-order valence-electron chi connectivity index (χ1n) is 5.49. The van der Waals surface area contributed by atoms with Gasteiger partial charge in [0.2, 0.25) is 0 Å². The van der Waals surface area contributed by atoms with Crippen molar-refractivity contribution in [1.82, 2.24) is 4.90 Å². The molecule has 0 aliphatic carbocycles. The molecule has 98 valence electrons. The number of halogens is 2. The van der Waals surface area contributed by atoms with Crippen molar-refractivity contribution < 1.29 is 9.18 Å². The number of hydrogen-bond acceptors (Lipinski definition) is 2. The minimum atomic E-state index is -0.616. The molecule has 1 amide bonds. The van der Waals surface area contributed by atoms with Crippen LogP contribution in [0.4, 0.5) is 4.39 Å². The molecule has 1 aromatic rings. The summed E-state index contributed by atoms with van der Waals surface area (Å²) in [6, 6.07) is 4.13. The van der Waals surface area contributed by atoms with Crippen molar-refractivity contribution in [2.24, 2.45) is 5.73 Å². The SMILES string of the molecule is CCCN(CC(N)=S)C(=O)c1cccc(F)c1Cl. The van der Waals surface area contributed by atoms with E-state index >= 15 is 0 Å². The number of carbonyl (C=O) groups excluding carboxylic acids is 1. The number of benzene rings is 1. The van der Waals surface area contributed by atoms with E-state index in [9.17, 15) is 9.18 Å². The van der Waals surface area contributed by atoms with Gasteiger partial charge in [-0.15, -0.1) is 0 Å². The van der Waals surface area contributed by atoms with Crippen molar-refractivity contribution in [3.8, 4) is 0 Å². The van der Waals surface area contributed by atoms with Crippen molar-refractivity contribution in [3.63, 3.8) is 0 Å². The molecule has 0 radical (unpaired) electrons. The molecule has 0 heterocycles. The van der Waals surface area contributed by atoms with Crippen LogP contribution >= 0.6 is 23.8 Å². The monoisotopic (exact) mass is 288 g/mol. The summed E-state index contributed by atoms with van der Waals surface area (Å²) in [4.78, 5) is 13.9. The van der Waals surface area contributed by atoms with E-state index in [1.54, 1.807) is 0 Å². The third-order valence-electron chi connectivity index (χ3n) is 2.31. The topological polar surface area (TPSA) is 46.3 Å². The Morgan fingerprint density at radius 2 is 2.22 bits per heavy atom. The van der Waals surface area contributed by atoms with Crippen LogP contribution in [0.15, 0.2) is 18.2 Å². The summed E-state index contributed by atoms with van der Waals surface area (Å²) in [5, 5.41) is -0.174. The average Bonchev–Trinajstić information content (AvgIpc) is 2.31. The second-order valence-corrected chi connectivity index (χ2v) is 4.70. The number of amides is 1. The van der Waals surface area contributed by atoms with Gasteiger partial charge in [0.25, 0.3) is 5.91 Å². The lowest BCUT2D eigenvalue weighted by atomic mass is 10.2. The molecule has 1 aromatic carbocycles. The predicted molar refractivity (Wildman–Crippen MR) is 74.4 cm³/mol. The van der Waals surface area contributed by atoms with Crippen LogP contribution in [0.25, 0.3) is 0 Å². The van der Waals surface area contributed by atoms with Crippen LogP contribution in [0.1, 0.15) is 23.7 Å². The molecular weight excluding hydrogens is 275 g/mol. The maximum atomic E-state index is 13.3. The van der Waals surface area contributed by atoms with Gasteiger partial charge in [0.15, 0.2) is 0 Å². The normalized spacial score (nSPS) is 10.2. The molecule has 0 saturated heterocycles. The highest BCUT2D eigenvalue weighted by molar-refractivity contribution is 7.80. The Hall–Kier alpha value is -1.20. The van der Waals surface area contributed by atoms with E-state index in [0.717, 1.165) is 6.42 Å². The zero-order chi connectivity index (χ0) is 13.7. The fraction of sp³-hybridized carbons (Fsp3) is 0.333. The lowest BCUT2D eigenvalue weighted by Gasteiger charge is -2.22. The zero-order valence-corrected chi connectivity index (χ0v) is 11.5. The summed E-state index contributed by atoms with van der Waals surface area (Å²) in [7, 11) is 0. The largest absolute Gasteiger partial charge is 0.392 e. The summed E-state index contributed by atoms with van der Waals surface area (Å²) in [5.41, 5.74) is 5.56. The van der Waals surface area contributed by atoms with E-state index in [1.165, 1.54) is 23.1 Å². The minimum Gasteiger partial charge on any atom is -0.392 e. The van der Waals surface area contributed by atoms with E-state index in [1.807, 2.05) is 6.92 Å². The second kappa shape index (κ2) is 6.66. The molecule has 0 saturated carbocycles. The minimum absolute atomic E-state index is 0.126. The highest BCUT2D eigenvalue weighted by atomic mass is 35.5. The van der Waals surface area contributed by atoms with E-state index in [0.29, 0.717) is 6.54 Å². The van der Waals surface area contributed by atoms with Crippen molar-refractivity contribution in [2.75, 3.05) is 13.1 Å².